The highest BCUT2D eigenvalue weighted by atomic mass is 16.6. The van der Waals surface area contributed by atoms with Crippen molar-refractivity contribution in [3.05, 3.63) is 29.3 Å². The van der Waals surface area contributed by atoms with Gasteiger partial charge < -0.3 is 24.6 Å². The van der Waals surface area contributed by atoms with Crippen molar-refractivity contribution in [3.8, 4) is 5.75 Å². The molecule has 1 aromatic rings. The number of alkyl carbamates (subject to hydrolysis) is 1. The van der Waals surface area contributed by atoms with Gasteiger partial charge in [0.25, 0.3) is 0 Å². The Morgan fingerprint density at radius 2 is 2.00 bits per heavy atom. The Kier molecular flexibility index (Phi) is 6.05. The molecule has 1 aromatic carbocycles. The minimum Gasteiger partial charge on any atom is -0.487 e. The zero-order valence-corrected chi connectivity index (χ0v) is 18.7. The first kappa shape index (κ1) is 22.4. The highest BCUT2D eigenvalue weighted by Crippen LogP contribution is 2.52. The van der Waals surface area contributed by atoms with Gasteiger partial charge in [-0.1, -0.05) is 6.07 Å². The number of hydrogen-bond donors (Lipinski definition) is 2. The number of aliphatic carboxylic acids is 1. The molecule has 2 N–H and O–H groups in total. The van der Waals surface area contributed by atoms with Gasteiger partial charge in [0, 0.05) is 18.0 Å². The fourth-order valence-electron chi connectivity index (χ4n) is 4.30. The molecule has 1 amide bonds. The maximum Gasteiger partial charge on any atom is 0.407 e. The number of carbonyl (C=O) groups is 2. The molecule has 30 heavy (non-hydrogen) atoms. The van der Waals surface area contributed by atoms with Gasteiger partial charge in [0.2, 0.25) is 0 Å². The number of amides is 1. The van der Waals surface area contributed by atoms with E-state index in [0.717, 1.165) is 16.9 Å². The van der Waals surface area contributed by atoms with E-state index in [9.17, 15) is 14.7 Å². The second-order valence-electron chi connectivity index (χ2n) is 9.81. The second-order valence-corrected chi connectivity index (χ2v) is 9.81. The van der Waals surface area contributed by atoms with E-state index in [4.69, 9.17) is 14.2 Å². The molecule has 0 radical (unpaired) electrons. The molecular formula is C23H33NO6. The molecular weight excluding hydrogens is 386 g/mol. The Balaban J connectivity index is 1.74. The van der Waals surface area contributed by atoms with E-state index in [1.54, 1.807) is 0 Å². The number of carboxylic acids is 1. The minimum atomic E-state index is -0.829. The SMILES string of the molecule is C[C@H]1O[C@H]2c3cc(CCNC(=O)OC(C)(C)C)ccc3OC(C)(C)[C@@H]2C[C@H]1C(=O)O. The predicted octanol–water partition coefficient (Wildman–Crippen LogP) is 4.09. The molecule has 0 spiro atoms. The minimum absolute atomic E-state index is 0.0579. The maximum atomic E-state index is 11.8. The Morgan fingerprint density at radius 3 is 2.63 bits per heavy atom. The number of carboxylic acid groups (broad SMARTS) is 1. The predicted molar refractivity (Wildman–Crippen MR) is 112 cm³/mol. The highest BCUT2D eigenvalue weighted by molar-refractivity contribution is 5.71. The summed E-state index contributed by atoms with van der Waals surface area (Å²) in [5.41, 5.74) is 0.941. The van der Waals surface area contributed by atoms with E-state index in [0.29, 0.717) is 19.4 Å². The summed E-state index contributed by atoms with van der Waals surface area (Å²) in [7, 11) is 0. The van der Waals surface area contributed by atoms with E-state index in [1.165, 1.54) is 0 Å². The molecule has 4 atom stereocenters. The zero-order valence-electron chi connectivity index (χ0n) is 18.7. The van der Waals surface area contributed by atoms with Crippen molar-refractivity contribution in [2.45, 2.75) is 77.8 Å². The lowest BCUT2D eigenvalue weighted by molar-refractivity contribution is -0.183. The zero-order chi connectivity index (χ0) is 22.3. The van der Waals surface area contributed by atoms with Gasteiger partial charge in [0.05, 0.1) is 18.1 Å². The second kappa shape index (κ2) is 8.10. The fraction of sp³-hybridized carbons (Fsp3) is 0.652. The summed E-state index contributed by atoms with van der Waals surface area (Å²) in [6.07, 6.45) is 0.129. The van der Waals surface area contributed by atoms with Crippen molar-refractivity contribution < 1.29 is 28.9 Å². The van der Waals surface area contributed by atoms with Gasteiger partial charge in [-0.25, -0.2) is 4.79 Å². The molecule has 2 aliphatic heterocycles. The molecule has 0 unspecified atom stereocenters. The van der Waals surface area contributed by atoms with Gasteiger partial charge in [-0.3, -0.25) is 4.79 Å². The van der Waals surface area contributed by atoms with Crippen molar-refractivity contribution in [2.75, 3.05) is 6.54 Å². The van der Waals surface area contributed by atoms with Gasteiger partial charge >= 0.3 is 12.1 Å². The standard InChI is InChI=1S/C23H33NO6/c1-13-15(20(25)26)12-17-19(28-13)16-11-14(7-8-18(16)29-23(17,5)6)9-10-24-21(27)30-22(2,3)4/h7-8,11,13,15,17,19H,9-10,12H2,1-6H3,(H,24,27)(H,25,26)/t13-,15-,17-,19+/m1/s1. The van der Waals surface area contributed by atoms with Crippen molar-refractivity contribution in [2.24, 2.45) is 11.8 Å². The lowest BCUT2D eigenvalue weighted by atomic mass is 9.72. The van der Waals surface area contributed by atoms with Crippen LogP contribution in [0.1, 0.15) is 65.2 Å². The number of ether oxygens (including phenoxy) is 3. The molecule has 3 rings (SSSR count). The molecule has 2 heterocycles. The van der Waals surface area contributed by atoms with E-state index < -0.39 is 29.2 Å². The number of nitrogens with one attached hydrogen (secondary N) is 1. The normalized spacial score (nSPS) is 27.3. The van der Waals surface area contributed by atoms with Gasteiger partial charge in [0.1, 0.15) is 17.0 Å². The van der Waals surface area contributed by atoms with Crippen molar-refractivity contribution in [1.29, 1.82) is 0 Å². The Bertz CT molecular complexity index is 812. The first-order valence-electron chi connectivity index (χ1n) is 10.5. The van der Waals surface area contributed by atoms with Crippen LogP contribution in [-0.2, 0) is 20.7 Å². The third kappa shape index (κ3) is 4.89. The van der Waals surface area contributed by atoms with Crippen LogP contribution < -0.4 is 10.1 Å². The van der Waals surface area contributed by atoms with E-state index in [2.05, 4.69) is 5.32 Å². The summed E-state index contributed by atoms with van der Waals surface area (Å²) < 4.78 is 17.7. The van der Waals surface area contributed by atoms with Crippen LogP contribution in [0.5, 0.6) is 5.75 Å². The van der Waals surface area contributed by atoms with Gasteiger partial charge in [0.15, 0.2) is 0 Å². The molecule has 1 fully saturated rings. The molecule has 0 saturated carbocycles. The van der Waals surface area contributed by atoms with Gasteiger partial charge in [-0.15, -0.1) is 0 Å². The first-order chi connectivity index (χ1) is 13.9. The van der Waals surface area contributed by atoms with Crippen LogP contribution in [0.4, 0.5) is 4.79 Å². The summed E-state index contributed by atoms with van der Waals surface area (Å²) in [4.78, 5) is 23.5. The number of rotatable bonds is 4. The average molecular weight is 420 g/mol. The molecule has 7 heteroatoms. The summed E-state index contributed by atoms with van der Waals surface area (Å²) in [5.74, 6) is -0.662. The van der Waals surface area contributed by atoms with Crippen LogP contribution in [0.2, 0.25) is 0 Å². The third-order valence-electron chi connectivity index (χ3n) is 5.85. The molecule has 166 valence electrons. The summed E-state index contributed by atoms with van der Waals surface area (Å²) in [6.45, 7) is 11.7. The topological polar surface area (TPSA) is 94.1 Å². The number of benzene rings is 1. The smallest absolute Gasteiger partial charge is 0.407 e. The molecule has 0 aromatic heterocycles. The maximum absolute atomic E-state index is 11.8. The van der Waals surface area contributed by atoms with E-state index >= 15 is 0 Å². The van der Waals surface area contributed by atoms with Crippen LogP contribution >= 0.6 is 0 Å². The lowest BCUT2D eigenvalue weighted by Crippen LogP contribution is -2.51. The largest absolute Gasteiger partial charge is 0.487 e. The van der Waals surface area contributed by atoms with Crippen LogP contribution in [0.15, 0.2) is 18.2 Å². The molecule has 0 aliphatic carbocycles. The lowest BCUT2D eigenvalue weighted by Gasteiger charge is -2.50. The highest BCUT2D eigenvalue weighted by Gasteiger charge is 2.51. The Labute approximate surface area is 178 Å². The summed E-state index contributed by atoms with van der Waals surface area (Å²) in [6, 6.07) is 5.97. The van der Waals surface area contributed by atoms with E-state index in [-0.39, 0.29) is 18.1 Å². The van der Waals surface area contributed by atoms with Crippen LogP contribution in [0, 0.1) is 11.8 Å². The monoisotopic (exact) mass is 419 g/mol. The van der Waals surface area contributed by atoms with Crippen LogP contribution in [0.25, 0.3) is 0 Å². The van der Waals surface area contributed by atoms with Gasteiger partial charge in [-0.05, 0) is 72.1 Å². The quantitative estimate of drug-likeness (QED) is 0.763. The number of carbonyl (C=O) groups excluding carboxylic acids is 1. The number of fused-ring (bicyclic) bond motifs is 3. The van der Waals surface area contributed by atoms with E-state index in [1.807, 2.05) is 59.7 Å². The van der Waals surface area contributed by atoms with Gasteiger partial charge in [-0.2, -0.15) is 0 Å². The molecule has 0 bridgehead atoms. The van der Waals surface area contributed by atoms with Crippen LogP contribution in [0.3, 0.4) is 0 Å². The third-order valence-corrected chi connectivity index (χ3v) is 5.85. The van der Waals surface area contributed by atoms with Crippen molar-refractivity contribution in [3.63, 3.8) is 0 Å². The Hall–Kier alpha value is -2.28. The fourth-order valence-corrected chi connectivity index (χ4v) is 4.30. The van der Waals surface area contributed by atoms with Crippen LogP contribution in [-0.4, -0.2) is 41.0 Å². The van der Waals surface area contributed by atoms with Crippen molar-refractivity contribution >= 4 is 12.1 Å². The molecule has 7 nitrogen and oxygen atoms in total. The molecule has 2 aliphatic rings. The summed E-state index contributed by atoms with van der Waals surface area (Å²) in [5, 5.41) is 12.3. The Morgan fingerprint density at radius 1 is 1.30 bits per heavy atom. The summed E-state index contributed by atoms with van der Waals surface area (Å²) >= 11 is 0. The number of hydrogen-bond acceptors (Lipinski definition) is 5. The van der Waals surface area contributed by atoms with Crippen molar-refractivity contribution in [1.82, 2.24) is 5.32 Å². The first-order valence-corrected chi connectivity index (χ1v) is 10.5. The molecule has 1 saturated heterocycles. The average Bonchev–Trinajstić information content (AvgIpc) is 2.59.